The molecule has 4 aliphatic carbocycles. The molecule has 4 aliphatic rings. The molecular weight excluding hydrogens is 1050 g/mol. The Balaban J connectivity index is 0. The molecule has 0 nitrogen and oxygen atoms in total. The molecule has 4 saturated carbocycles. The van der Waals surface area contributed by atoms with Crippen molar-refractivity contribution in [1.82, 2.24) is 0 Å². The number of fused-ring (bicyclic) bond motifs is 4. The Bertz CT molecular complexity index is 1290. The van der Waals surface area contributed by atoms with Gasteiger partial charge in [0.15, 0.2) is 0 Å². The summed E-state index contributed by atoms with van der Waals surface area (Å²) in [4.78, 5) is 0. The summed E-state index contributed by atoms with van der Waals surface area (Å²) in [6.45, 7) is 13.6. The smallest absolute Gasteiger partial charge is 0 e. The van der Waals surface area contributed by atoms with Gasteiger partial charge in [-0.2, -0.15) is 0 Å². The van der Waals surface area contributed by atoms with Crippen LogP contribution in [0, 0.1) is 75.0 Å². The summed E-state index contributed by atoms with van der Waals surface area (Å²) in [5.41, 5.74) is 0. The van der Waals surface area contributed by atoms with E-state index in [0.717, 1.165) is 23.7 Å². The molecule has 4 fully saturated rings. The second-order valence-corrected chi connectivity index (χ2v) is 24.0. The largest absolute Gasteiger partial charge is 0.0464 e. The zero-order chi connectivity index (χ0) is 42.3. The van der Waals surface area contributed by atoms with Crippen LogP contribution in [0.2, 0.25) is 0 Å². The Morgan fingerprint density at radius 1 is 0.333 bits per heavy atom. The minimum atomic E-state index is -10.7. The van der Waals surface area contributed by atoms with E-state index in [-0.39, 0.29) is 62.7 Å². The van der Waals surface area contributed by atoms with E-state index in [4.69, 9.17) is 0 Å². The molecule has 7 rings (SSSR count). The maximum atomic E-state index is 9.87. The van der Waals surface area contributed by atoms with E-state index in [9.17, 15) is 50.4 Å². The van der Waals surface area contributed by atoms with Crippen LogP contribution >= 0.6 is 39.4 Å². The van der Waals surface area contributed by atoms with Gasteiger partial charge in [0.25, 0.3) is 0 Å². The van der Waals surface area contributed by atoms with Crippen LogP contribution in [0.15, 0.2) is 91.0 Å². The van der Waals surface area contributed by atoms with E-state index in [2.05, 4.69) is 182 Å². The monoisotopic (exact) mass is 1090 g/mol. The molecule has 0 spiro atoms. The van der Waals surface area contributed by atoms with Crippen LogP contribution in [0.3, 0.4) is 0 Å². The zero-order valence-corrected chi connectivity index (χ0v) is 39.7. The first-order chi connectivity index (χ1) is 24.7. The van der Waals surface area contributed by atoms with Crippen molar-refractivity contribution in [2.75, 3.05) is 40.0 Å². The maximum Gasteiger partial charge on any atom is 0 e. The first kappa shape index (κ1) is 59.3. The van der Waals surface area contributed by atoms with Crippen molar-refractivity contribution in [1.29, 1.82) is 0 Å². The van der Waals surface area contributed by atoms with Gasteiger partial charge in [0.1, 0.15) is 0 Å². The molecule has 0 N–H and O–H groups in total. The van der Waals surface area contributed by atoms with Gasteiger partial charge in [-0.05, 0) is 144 Å². The molecular formula is C38H49F12P5Rh2-2. The molecule has 0 unspecified atom stereocenters. The summed E-state index contributed by atoms with van der Waals surface area (Å²) in [7, 11) is -21.0. The van der Waals surface area contributed by atoms with Crippen molar-refractivity contribution in [3.05, 3.63) is 142 Å². The predicted octanol–water partition coefficient (Wildman–Crippen LogP) is 15.8. The van der Waals surface area contributed by atoms with Crippen LogP contribution < -0.4 is 15.9 Å². The van der Waals surface area contributed by atoms with Crippen LogP contribution in [0.25, 0.3) is 0 Å². The summed E-state index contributed by atoms with van der Waals surface area (Å²) in [6.07, 6.45) is 21.1. The van der Waals surface area contributed by atoms with Gasteiger partial charge < -0.3 is 0 Å². The van der Waals surface area contributed by atoms with Crippen molar-refractivity contribution >= 4 is 55.3 Å². The van der Waals surface area contributed by atoms with E-state index >= 15 is 0 Å². The Labute approximate surface area is 361 Å². The molecule has 0 amide bonds. The molecule has 0 aliphatic heterocycles. The predicted molar refractivity (Wildman–Crippen MR) is 219 cm³/mol. The fourth-order valence-electron chi connectivity index (χ4n) is 4.83. The molecule has 3 aromatic rings. The normalized spacial score (nSPS) is 22.3. The molecule has 4 bridgehead atoms. The first-order valence-electron chi connectivity index (χ1n) is 16.7. The van der Waals surface area contributed by atoms with Gasteiger partial charge in [-0.15, -0.1) is 0 Å². The molecule has 3 aromatic carbocycles. The fraction of sp³-hybridized carbons (Fsp3) is 0.316. The number of benzene rings is 3. The average molecular weight is 1090 g/mol. The van der Waals surface area contributed by atoms with Crippen LogP contribution in [-0.2, 0) is 39.0 Å². The summed E-state index contributed by atoms with van der Waals surface area (Å²) < 4.78 is 118. The summed E-state index contributed by atoms with van der Waals surface area (Å²) in [5, 5.41) is 4.44. The molecule has 330 valence electrons. The second-order valence-electron chi connectivity index (χ2n) is 13.3. The van der Waals surface area contributed by atoms with Gasteiger partial charge in [0, 0.05) is 39.0 Å². The summed E-state index contributed by atoms with van der Waals surface area (Å²) in [6, 6.07) is 31.9. The van der Waals surface area contributed by atoms with E-state index in [1.807, 2.05) is 0 Å². The number of rotatable bonds is 3. The van der Waals surface area contributed by atoms with Crippen LogP contribution in [0.4, 0.5) is 50.4 Å². The van der Waals surface area contributed by atoms with Crippen molar-refractivity contribution < 1.29 is 89.3 Å². The quantitative estimate of drug-likeness (QED) is 0.139. The summed E-state index contributed by atoms with van der Waals surface area (Å²) >= 11 is 0. The molecule has 10 radical (unpaired) electrons. The average Bonchev–Trinajstić information content (AvgIpc) is 3.90. The van der Waals surface area contributed by atoms with Gasteiger partial charge in [0.2, 0.25) is 0 Å². The van der Waals surface area contributed by atoms with Crippen LogP contribution in [-0.4, -0.2) is 40.0 Å². The Morgan fingerprint density at radius 3 is 0.544 bits per heavy atom. The summed E-state index contributed by atoms with van der Waals surface area (Å²) in [5.74, 6) is 3.24. The molecule has 0 atom stereocenters. The Hall–Kier alpha value is 0.217. The third-order valence-corrected chi connectivity index (χ3v) is 11.3. The van der Waals surface area contributed by atoms with Gasteiger partial charge in [-0.3, -0.25) is 0 Å². The maximum absolute atomic E-state index is 10.7. The van der Waals surface area contributed by atoms with E-state index in [1.54, 1.807) is 0 Å². The molecule has 19 heteroatoms. The minimum Gasteiger partial charge on any atom is -0.0464 e. The first-order valence-corrected chi connectivity index (χ1v) is 27.5. The Kier molecular flexibility index (Phi) is 24.6. The van der Waals surface area contributed by atoms with Gasteiger partial charge >= 0.3 is 66.0 Å². The number of hydrogen-bond donors (Lipinski definition) is 0. The molecule has 57 heavy (non-hydrogen) atoms. The van der Waals surface area contributed by atoms with E-state index in [1.165, 1.54) is 28.8 Å². The SMILES string of the molecule is CP(C)c1ccccc1.CP(C)c1ccccc1.CP(C)c1ccccc1.F[P-](F)(F)(F)(F)F.F[P-](F)(F)(F)(F)F.[CH]1[CH]C2[CH][CH]C1C2.[CH]1[CH]C2[CH][CH]C1C2.[Rh].[Rh]. The van der Waals surface area contributed by atoms with Crippen molar-refractivity contribution in [3.63, 3.8) is 0 Å². The van der Waals surface area contributed by atoms with Crippen LogP contribution in [0.1, 0.15) is 12.8 Å². The molecule has 0 aromatic heterocycles. The van der Waals surface area contributed by atoms with Gasteiger partial charge in [-0.1, -0.05) is 115 Å². The van der Waals surface area contributed by atoms with Crippen molar-refractivity contribution in [2.45, 2.75) is 12.8 Å². The second kappa shape index (κ2) is 23.6. The number of hydrogen-bond acceptors (Lipinski definition) is 0. The Morgan fingerprint density at radius 2 is 0.474 bits per heavy atom. The molecule has 0 saturated heterocycles. The van der Waals surface area contributed by atoms with Crippen molar-refractivity contribution in [2.24, 2.45) is 23.7 Å². The number of halogens is 12. The third kappa shape index (κ3) is 40.1. The van der Waals surface area contributed by atoms with Gasteiger partial charge in [0.05, 0.1) is 0 Å². The topological polar surface area (TPSA) is 0 Å². The van der Waals surface area contributed by atoms with Crippen molar-refractivity contribution in [3.8, 4) is 0 Å². The molecule has 0 heterocycles. The third-order valence-electron chi connectivity index (χ3n) is 7.33. The minimum absolute atomic E-state index is 0. The zero-order valence-electron chi connectivity index (χ0n) is 31.9. The van der Waals surface area contributed by atoms with E-state index < -0.39 is 15.6 Å². The fourth-order valence-corrected chi connectivity index (χ4v) is 7.14. The van der Waals surface area contributed by atoms with Crippen LogP contribution in [0.5, 0.6) is 0 Å². The standard InChI is InChI=1S/3C8H11P.2C7H8.2F6P.2Rh/c3*1-9(2)8-6-4-3-5-7-8;2*1-2-7-4-3-6(1)5-7;2*1-7(2,3,4,5)6;;/h3*3-7H,1-2H3;2*1-4,6-7H,5H2;;;;/q;;;;;2*-1;;. The van der Waals surface area contributed by atoms with E-state index in [0.29, 0.717) is 0 Å². The van der Waals surface area contributed by atoms with Gasteiger partial charge in [-0.25, -0.2) is 0 Å².